The fraction of sp³-hybridized carbons (Fsp3) is 0.200. The van der Waals surface area contributed by atoms with Gasteiger partial charge in [0.05, 0.1) is 24.2 Å². The van der Waals surface area contributed by atoms with Gasteiger partial charge in [0, 0.05) is 11.8 Å². The van der Waals surface area contributed by atoms with E-state index in [1.165, 1.54) is 0 Å². The topological polar surface area (TPSA) is 77.2 Å². The zero-order chi connectivity index (χ0) is 14.5. The number of aryl methyl sites for hydroxylation is 1. The molecule has 2 aromatic rings. The fourth-order valence-corrected chi connectivity index (χ4v) is 1.77. The molecule has 5 nitrogen and oxygen atoms in total. The minimum atomic E-state index is -0.226. The number of carbonyl (C=O) groups is 1. The van der Waals surface area contributed by atoms with Crippen molar-refractivity contribution in [1.29, 1.82) is 0 Å². The van der Waals surface area contributed by atoms with Gasteiger partial charge in [0.25, 0.3) is 5.91 Å². The number of ether oxygens (including phenoxy) is 1. The van der Waals surface area contributed by atoms with E-state index in [2.05, 4.69) is 10.3 Å². The van der Waals surface area contributed by atoms with Gasteiger partial charge < -0.3 is 15.8 Å². The molecule has 0 aliphatic carbocycles. The van der Waals surface area contributed by atoms with Crippen LogP contribution in [0.4, 0.5) is 11.4 Å². The lowest BCUT2D eigenvalue weighted by Gasteiger charge is -2.10. The summed E-state index contributed by atoms with van der Waals surface area (Å²) in [6.45, 7) is 4.32. The molecule has 5 heteroatoms. The molecule has 3 N–H and O–H groups in total. The van der Waals surface area contributed by atoms with Gasteiger partial charge in [-0.05, 0) is 43.7 Å². The minimum absolute atomic E-state index is 0.226. The Bertz CT molecular complexity index is 626. The summed E-state index contributed by atoms with van der Waals surface area (Å²) in [5.41, 5.74) is 8.41. The number of rotatable bonds is 4. The third kappa shape index (κ3) is 3.06. The highest BCUT2D eigenvalue weighted by molar-refractivity contribution is 6.05. The van der Waals surface area contributed by atoms with Crippen molar-refractivity contribution in [2.24, 2.45) is 0 Å². The second-order valence-corrected chi connectivity index (χ2v) is 4.33. The van der Waals surface area contributed by atoms with Crippen molar-refractivity contribution in [3.8, 4) is 5.75 Å². The Hall–Kier alpha value is -2.56. The Kier molecular flexibility index (Phi) is 4.20. The highest BCUT2D eigenvalue weighted by Gasteiger charge is 2.10. The molecule has 1 amide bonds. The van der Waals surface area contributed by atoms with E-state index in [0.717, 1.165) is 5.56 Å². The molecule has 0 saturated heterocycles. The van der Waals surface area contributed by atoms with E-state index in [9.17, 15) is 4.79 Å². The third-order valence-electron chi connectivity index (χ3n) is 2.86. The monoisotopic (exact) mass is 271 g/mol. The Morgan fingerprint density at radius 2 is 2.20 bits per heavy atom. The smallest absolute Gasteiger partial charge is 0.255 e. The molecule has 0 aliphatic heterocycles. The van der Waals surface area contributed by atoms with Gasteiger partial charge in [-0.25, -0.2) is 0 Å². The van der Waals surface area contributed by atoms with Crippen LogP contribution in [0.15, 0.2) is 36.7 Å². The second kappa shape index (κ2) is 6.06. The number of aromatic nitrogens is 1. The van der Waals surface area contributed by atoms with Crippen molar-refractivity contribution < 1.29 is 9.53 Å². The van der Waals surface area contributed by atoms with Crippen molar-refractivity contribution in [2.45, 2.75) is 13.8 Å². The van der Waals surface area contributed by atoms with Gasteiger partial charge in [-0.3, -0.25) is 9.78 Å². The van der Waals surface area contributed by atoms with Gasteiger partial charge in [0.2, 0.25) is 0 Å². The number of nitrogens with one attached hydrogen (secondary N) is 1. The van der Waals surface area contributed by atoms with Crippen molar-refractivity contribution in [1.82, 2.24) is 4.98 Å². The molecule has 0 bridgehead atoms. The molecule has 0 atom stereocenters. The van der Waals surface area contributed by atoms with Crippen LogP contribution in [0.1, 0.15) is 22.8 Å². The Morgan fingerprint density at radius 1 is 1.40 bits per heavy atom. The first-order valence-electron chi connectivity index (χ1n) is 6.36. The number of amides is 1. The number of hydrogen-bond donors (Lipinski definition) is 2. The second-order valence-electron chi connectivity index (χ2n) is 4.33. The van der Waals surface area contributed by atoms with Crippen LogP contribution in [-0.4, -0.2) is 17.5 Å². The van der Waals surface area contributed by atoms with Gasteiger partial charge >= 0.3 is 0 Å². The van der Waals surface area contributed by atoms with Gasteiger partial charge in [-0.1, -0.05) is 0 Å². The van der Waals surface area contributed by atoms with Crippen molar-refractivity contribution >= 4 is 17.3 Å². The van der Waals surface area contributed by atoms with Gasteiger partial charge in [-0.15, -0.1) is 0 Å². The Morgan fingerprint density at radius 3 is 2.85 bits per heavy atom. The standard InChI is InChI=1S/C15H17N3O2/c1-3-20-14-5-4-11(8-12(14)16)15(19)18-13-9-17-7-6-10(13)2/h4-9H,3,16H2,1-2H3,(H,18,19). The van der Waals surface area contributed by atoms with Crippen molar-refractivity contribution in [2.75, 3.05) is 17.7 Å². The molecule has 1 aromatic carbocycles. The lowest BCUT2D eigenvalue weighted by Crippen LogP contribution is -2.13. The minimum Gasteiger partial charge on any atom is -0.492 e. The zero-order valence-electron chi connectivity index (χ0n) is 11.5. The molecular formula is C15H17N3O2. The third-order valence-corrected chi connectivity index (χ3v) is 2.86. The van der Waals surface area contributed by atoms with E-state index in [4.69, 9.17) is 10.5 Å². The summed E-state index contributed by atoms with van der Waals surface area (Å²) in [4.78, 5) is 16.1. The van der Waals surface area contributed by atoms with Crippen LogP contribution < -0.4 is 15.8 Å². The SMILES string of the molecule is CCOc1ccc(C(=O)Nc2cnccc2C)cc1N. The lowest BCUT2D eigenvalue weighted by molar-refractivity contribution is 0.102. The highest BCUT2D eigenvalue weighted by atomic mass is 16.5. The molecule has 0 aliphatic rings. The average molecular weight is 271 g/mol. The Labute approximate surface area is 117 Å². The van der Waals surface area contributed by atoms with E-state index in [1.807, 2.05) is 19.9 Å². The normalized spacial score (nSPS) is 10.1. The van der Waals surface area contributed by atoms with E-state index in [-0.39, 0.29) is 5.91 Å². The average Bonchev–Trinajstić information content (AvgIpc) is 2.43. The number of nitrogens with two attached hydrogens (primary N) is 1. The lowest BCUT2D eigenvalue weighted by atomic mass is 10.1. The summed E-state index contributed by atoms with van der Waals surface area (Å²) in [5, 5.41) is 2.81. The molecule has 0 unspecified atom stereocenters. The first-order chi connectivity index (χ1) is 9.61. The first kappa shape index (κ1) is 13.9. The van der Waals surface area contributed by atoms with Crippen molar-refractivity contribution in [3.05, 3.63) is 47.8 Å². The number of pyridine rings is 1. The molecule has 0 spiro atoms. The van der Waals surface area contributed by atoms with Gasteiger partial charge in [0.1, 0.15) is 5.75 Å². The highest BCUT2D eigenvalue weighted by Crippen LogP contribution is 2.23. The predicted octanol–water partition coefficient (Wildman–Crippen LogP) is 2.62. The van der Waals surface area contributed by atoms with Crippen LogP contribution in [0.25, 0.3) is 0 Å². The summed E-state index contributed by atoms with van der Waals surface area (Å²) < 4.78 is 5.34. The predicted molar refractivity (Wildman–Crippen MR) is 79.0 cm³/mol. The number of hydrogen-bond acceptors (Lipinski definition) is 4. The molecule has 2 rings (SSSR count). The largest absolute Gasteiger partial charge is 0.492 e. The molecule has 0 radical (unpaired) electrons. The first-order valence-corrected chi connectivity index (χ1v) is 6.36. The number of carbonyl (C=O) groups excluding carboxylic acids is 1. The van der Waals surface area contributed by atoms with Crippen LogP contribution in [0, 0.1) is 6.92 Å². The van der Waals surface area contributed by atoms with Crippen LogP contribution in [0.3, 0.4) is 0 Å². The van der Waals surface area contributed by atoms with E-state index >= 15 is 0 Å². The number of nitrogen functional groups attached to an aromatic ring is 1. The van der Waals surface area contributed by atoms with Gasteiger partial charge in [0.15, 0.2) is 0 Å². The van der Waals surface area contributed by atoms with Gasteiger partial charge in [-0.2, -0.15) is 0 Å². The van der Waals surface area contributed by atoms with Crippen LogP contribution in [0.2, 0.25) is 0 Å². The molecule has 0 saturated carbocycles. The fourth-order valence-electron chi connectivity index (χ4n) is 1.77. The summed E-state index contributed by atoms with van der Waals surface area (Å²) in [5.74, 6) is 0.359. The molecular weight excluding hydrogens is 254 g/mol. The van der Waals surface area contributed by atoms with Crippen LogP contribution >= 0.6 is 0 Å². The molecule has 104 valence electrons. The summed E-state index contributed by atoms with van der Waals surface area (Å²) >= 11 is 0. The van der Waals surface area contributed by atoms with E-state index < -0.39 is 0 Å². The zero-order valence-corrected chi connectivity index (χ0v) is 11.5. The van der Waals surface area contributed by atoms with E-state index in [1.54, 1.807) is 30.6 Å². The molecule has 20 heavy (non-hydrogen) atoms. The Balaban J connectivity index is 2.18. The maximum absolute atomic E-state index is 12.2. The van der Waals surface area contributed by atoms with Crippen LogP contribution in [-0.2, 0) is 0 Å². The maximum atomic E-state index is 12.2. The molecule has 1 aromatic heterocycles. The summed E-state index contributed by atoms with van der Waals surface area (Å²) in [7, 11) is 0. The van der Waals surface area contributed by atoms with E-state index in [0.29, 0.717) is 29.3 Å². The molecule has 0 fully saturated rings. The van der Waals surface area contributed by atoms with Crippen molar-refractivity contribution in [3.63, 3.8) is 0 Å². The van der Waals surface area contributed by atoms with Crippen LogP contribution in [0.5, 0.6) is 5.75 Å². The number of nitrogens with zero attached hydrogens (tertiary/aromatic N) is 1. The summed E-state index contributed by atoms with van der Waals surface area (Å²) in [6.07, 6.45) is 3.30. The number of benzene rings is 1. The molecule has 1 heterocycles. The maximum Gasteiger partial charge on any atom is 0.255 e. The summed E-state index contributed by atoms with van der Waals surface area (Å²) in [6, 6.07) is 6.82. The number of anilines is 2. The quantitative estimate of drug-likeness (QED) is 0.838.